The number of carbonyl (C=O) groups excluding carboxylic acids is 3. The highest BCUT2D eigenvalue weighted by molar-refractivity contribution is 6.39. The summed E-state index contributed by atoms with van der Waals surface area (Å²) in [5.41, 5.74) is -1.36. The Kier molecular flexibility index (Phi) is 7.04. The van der Waals surface area contributed by atoms with Crippen molar-refractivity contribution in [1.82, 2.24) is 0 Å². The number of hydrogen-bond donors (Lipinski definition) is 0. The Hall–Kier alpha value is -4.98. The standard InChI is InChI=1S/C40H24Cl2F3NO3/c41-28-18-14-25(15-19-28)38-31(23-8-3-1-4-9-23)32(24-10-5-2-6-11-24)39(37(38)49,26-16-20-29(42)21-17-26)34-33(38)35(47)46(36(34)48)30-13-7-12-27(22-30)40(43,44)45/h1-22,33-34H/t33-,34-,38-,39-/m1/s1. The second kappa shape index (κ2) is 11.0. The van der Waals surface area contributed by atoms with E-state index in [9.17, 15) is 22.8 Å². The topological polar surface area (TPSA) is 54.5 Å². The molecule has 0 aromatic heterocycles. The van der Waals surface area contributed by atoms with E-state index in [2.05, 4.69) is 0 Å². The van der Waals surface area contributed by atoms with E-state index in [0.717, 1.165) is 17.0 Å². The number of fused-ring (bicyclic) bond motifs is 5. The summed E-state index contributed by atoms with van der Waals surface area (Å²) in [6.45, 7) is 0. The molecule has 5 aromatic carbocycles. The van der Waals surface area contributed by atoms with Crippen LogP contribution in [0.4, 0.5) is 18.9 Å². The van der Waals surface area contributed by atoms with E-state index in [4.69, 9.17) is 23.2 Å². The summed E-state index contributed by atoms with van der Waals surface area (Å²) in [7, 11) is 0. The van der Waals surface area contributed by atoms with E-state index in [0.29, 0.717) is 43.4 Å². The number of rotatable bonds is 5. The maximum absolute atomic E-state index is 15.9. The number of imide groups is 1. The molecule has 0 unspecified atom stereocenters. The van der Waals surface area contributed by atoms with Gasteiger partial charge < -0.3 is 0 Å². The third kappa shape index (κ3) is 4.22. The fourth-order valence-electron chi connectivity index (χ4n) is 8.43. The minimum absolute atomic E-state index is 0.217. The Morgan fingerprint density at radius 3 is 1.39 bits per heavy atom. The van der Waals surface area contributed by atoms with Crippen LogP contribution in [0, 0.1) is 11.8 Å². The molecule has 49 heavy (non-hydrogen) atoms. The lowest BCUT2D eigenvalue weighted by molar-refractivity contribution is -0.137. The van der Waals surface area contributed by atoms with Gasteiger partial charge in [-0.1, -0.05) is 114 Å². The van der Waals surface area contributed by atoms with E-state index >= 15 is 4.79 Å². The van der Waals surface area contributed by atoms with Gasteiger partial charge in [0.05, 0.1) is 33.9 Å². The lowest BCUT2D eigenvalue weighted by Crippen LogP contribution is -2.45. The maximum atomic E-state index is 15.9. The van der Waals surface area contributed by atoms with Crippen molar-refractivity contribution in [3.63, 3.8) is 0 Å². The van der Waals surface area contributed by atoms with Crippen molar-refractivity contribution in [2.45, 2.75) is 17.0 Å². The fourth-order valence-corrected chi connectivity index (χ4v) is 8.69. The number of hydrogen-bond acceptors (Lipinski definition) is 3. The van der Waals surface area contributed by atoms with Crippen LogP contribution in [-0.4, -0.2) is 17.6 Å². The van der Waals surface area contributed by atoms with E-state index in [1.807, 2.05) is 60.7 Å². The number of benzene rings is 5. The summed E-state index contributed by atoms with van der Waals surface area (Å²) in [4.78, 5) is 46.7. The van der Waals surface area contributed by atoms with Gasteiger partial charge in [0.25, 0.3) is 0 Å². The molecule has 0 N–H and O–H groups in total. The number of nitrogens with zero attached hydrogens (tertiary/aromatic N) is 1. The first-order valence-electron chi connectivity index (χ1n) is 15.5. The lowest BCUT2D eigenvalue weighted by Gasteiger charge is -2.39. The van der Waals surface area contributed by atoms with Crippen molar-refractivity contribution in [3.05, 3.63) is 171 Å². The second-order valence-electron chi connectivity index (χ2n) is 12.5. The average molecular weight is 695 g/mol. The van der Waals surface area contributed by atoms with Crippen molar-refractivity contribution >= 4 is 57.6 Å². The molecule has 242 valence electrons. The Labute approximate surface area is 289 Å². The van der Waals surface area contributed by atoms with Crippen molar-refractivity contribution in [2.24, 2.45) is 11.8 Å². The predicted octanol–water partition coefficient (Wildman–Crippen LogP) is 9.20. The van der Waals surface area contributed by atoms with Crippen LogP contribution in [-0.2, 0) is 31.4 Å². The Balaban J connectivity index is 1.53. The largest absolute Gasteiger partial charge is 0.416 e. The maximum Gasteiger partial charge on any atom is 0.416 e. The smallest absolute Gasteiger partial charge is 0.297 e. The number of halogens is 5. The molecule has 2 bridgehead atoms. The van der Waals surface area contributed by atoms with Crippen LogP contribution in [0.2, 0.25) is 10.0 Å². The van der Waals surface area contributed by atoms with Gasteiger partial charge in [0.15, 0.2) is 5.78 Å². The van der Waals surface area contributed by atoms with Gasteiger partial charge in [0.1, 0.15) is 0 Å². The first-order chi connectivity index (χ1) is 23.5. The van der Waals surface area contributed by atoms with Crippen LogP contribution in [0.1, 0.15) is 27.8 Å². The number of Topliss-reactive ketones (excluding diaryl/α,β-unsaturated/α-hetero) is 1. The summed E-state index contributed by atoms with van der Waals surface area (Å²) >= 11 is 12.7. The van der Waals surface area contributed by atoms with Crippen LogP contribution in [0.3, 0.4) is 0 Å². The zero-order valence-corrected chi connectivity index (χ0v) is 26.9. The molecule has 2 amide bonds. The van der Waals surface area contributed by atoms with E-state index in [1.54, 1.807) is 48.5 Å². The highest BCUT2D eigenvalue weighted by Gasteiger charge is 2.82. The highest BCUT2D eigenvalue weighted by Crippen LogP contribution is 2.74. The zero-order valence-electron chi connectivity index (χ0n) is 25.4. The molecule has 0 radical (unpaired) electrons. The summed E-state index contributed by atoms with van der Waals surface area (Å²) in [6, 6.07) is 35.9. The first-order valence-corrected chi connectivity index (χ1v) is 16.3. The molecule has 5 aromatic rings. The molecule has 9 heteroatoms. The first kappa shape index (κ1) is 31.3. The van der Waals surface area contributed by atoms with E-state index in [-0.39, 0.29) is 11.5 Å². The molecule has 4 atom stereocenters. The van der Waals surface area contributed by atoms with Crippen LogP contribution < -0.4 is 4.90 Å². The Morgan fingerprint density at radius 2 is 0.980 bits per heavy atom. The molecule has 0 spiro atoms. The van der Waals surface area contributed by atoms with Crippen LogP contribution in [0.15, 0.2) is 133 Å². The molecule has 1 aliphatic heterocycles. The summed E-state index contributed by atoms with van der Waals surface area (Å²) in [6.07, 6.45) is -4.72. The van der Waals surface area contributed by atoms with Crippen LogP contribution in [0.25, 0.3) is 11.1 Å². The number of allylic oxidation sites excluding steroid dienone is 2. The normalized spacial score (nSPS) is 24.6. The molecule has 1 saturated carbocycles. The van der Waals surface area contributed by atoms with E-state index < -0.39 is 46.2 Å². The number of ketones is 1. The quantitative estimate of drug-likeness (QED) is 0.173. The van der Waals surface area contributed by atoms with Gasteiger partial charge in [-0.15, -0.1) is 0 Å². The van der Waals surface area contributed by atoms with Crippen LogP contribution >= 0.6 is 23.2 Å². The number of carbonyl (C=O) groups is 3. The second-order valence-corrected chi connectivity index (χ2v) is 13.3. The van der Waals surface area contributed by atoms with Crippen molar-refractivity contribution in [1.29, 1.82) is 0 Å². The molecular formula is C40H24Cl2F3NO3. The van der Waals surface area contributed by atoms with Crippen molar-refractivity contribution in [3.8, 4) is 0 Å². The minimum Gasteiger partial charge on any atom is -0.297 e. The number of amides is 2. The highest BCUT2D eigenvalue weighted by atomic mass is 35.5. The van der Waals surface area contributed by atoms with Gasteiger partial charge in [0.2, 0.25) is 11.8 Å². The monoisotopic (exact) mass is 693 g/mol. The van der Waals surface area contributed by atoms with Gasteiger partial charge in [-0.05, 0) is 75.9 Å². The molecular weight excluding hydrogens is 670 g/mol. The third-order valence-corrected chi connectivity index (χ3v) is 10.7. The fraction of sp³-hybridized carbons (Fsp3) is 0.125. The van der Waals surface area contributed by atoms with Gasteiger partial charge in [-0.3, -0.25) is 14.4 Å². The molecule has 4 nitrogen and oxygen atoms in total. The Bertz CT molecular complexity index is 2080. The number of anilines is 1. The van der Waals surface area contributed by atoms with Crippen molar-refractivity contribution < 1.29 is 27.6 Å². The molecule has 3 aliphatic rings. The minimum atomic E-state index is -4.72. The molecule has 2 aliphatic carbocycles. The molecule has 8 rings (SSSR count). The van der Waals surface area contributed by atoms with E-state index in [1.165, 1.54) is 12.1 Å². The average Bonchev–Trinajstić information content (AvgIpc) is 3.61. The summed E-state index contributed by atoms with van der Waals surface area (Å²) in [5, 5.41) is 0.800. The molecule has 2 fully saturated rings. The van der Waals surface area contributed by atoms with Gasteiger partial charge in [-0.25, -0.2) is 4.90 Å². The van der Waals surface area contributed by atoms with Gasteiger partial charge >= 0.3 is 6.18 Å². The third-order valence-electron chi connectivity index (χ3n) is 10.1. The lowest BCUT2D eigenvalue weighted by atomic mass is 9.59. The predicted molar refractivity (Wildman–Crippen MR) is 182 cm³/mol. The Morgan fingerprint density at radius 1 is 0.551 bits per heavy atom. The molecule has 1 saturated heterocycles. The van der Waals surface area contributed by atoms with Gasteiger partial charge in [0, 0.05) is 10.0 Å². The summed E-state index contributed by atoms with van der Waals surface area (Å²) in [5.74, 6) is -4.49. The zero-order chi connectivity index (χ0) is 34.3. The van der Waals surface area contributed by atoms with Crippen molar-refractivity contribution in [2.75, 3.05) is 4.90 Å². The van der Waals surface area contributed by atoms with Crippen LogP contribution in [0.5, 0.6) is 0 Å². The summed E-state index contributed by atoms with van der Waals surface area (Å²) < 4.78 is 41.7. The SMILES string of the molecule is O=C1[C@H]2[C@H](C(=O)N1c1cccc(C(F)(F)F)c1)[C@]1(c3ccc(Cl)cc3)C(=O)[C@]2(c2ccc(Cl)cc2)C(c2ccccc2)=C1c1ccccc1. The molecule has 1 heterocycles. The van der Waals surface area contributed by atoms with Gasteiger partial charge in [-0.2, -0.15) is 13.2 Å². The number of alkyl halides is 3.